The van der Waals surface area contributed by atoms with Crippen molar-refractivity contribution in [1.29, 1.82) is 0 Å². The highest BCUT2D eigenvalue weighted by atomic mass is 16.2. The minimum absolute atomic E-state index is 0.0272. The molecule has 0 unspecified atom stereocenters. The molecule has 2 amide bonds. The Kier molecular flexibility index (Phi) is 7.83. The second kappa shape index (κ2) is 10.4. The van der Waals surface area contributed by atoms with E-state index in [4.69, 9.17) is 0 Å². The Morgan fingerprint density at radius 3 is 2.23 bits per heavy atom. The zero-order chi connectivity index (χ0) is 18.8. The van der Waals surface area contributed by atoms with Crippen molar-refractivity contribution >= 4 is 11.8 Å². The first-order valence-corrected chi connectivity index (χ1v) is 8.87. The molecule has 0 bridgehead atoms. The largest absolute Gasteiger partial charge is 0.352 e. The fourth-order valence-corrected chi connectivity index (χ4v) is 2.46. The summed E-state index contributed by atoms with van der Waals surface area (Å²) >= 11 is 0. The van der Waals surface area contributed by atoms with Crippen LogP contribution in [0.1, 0.15) is 27.9 Å². The molecule has 26 heavy (non-hydrogen) atoms. The van der Waals surface area contributed by atoms with Gasteiger partial charge in [0.05, 0.1) is 0 Å². The number of amides is 2. The minimum Gasteiger partial charge on any atom is -0.352 e. The van der Waals surface area contributed by atoms with Gasteiger partial charge in [-0.25, -0.2) is 0 Å². The van der Waals surface area contributed by atoms with Crippen LogP contribution in [0.2, 0.25) is 0 Å². The predicted octanol–water partition coefficient (Wildman–Crippen LogP) is 2.23. The highest BCUT2D eigenvalue weighted by Gasteiger charge is 2.06. The minimum atomic E-state index is -0.0784. The lowest BCUT2D eigenvalue weighted by Gasteiger charge is -2.11. The number of likely N-dealkylation sites (N-methyl/N-ethyl adjacent to an activating group) is 1. The van der Waals surface area contributed by atoms with Crippen LogP contribution in [0.15, 0.2) is 54.6 Å². The van der Waals surface area contributed by atoms with Crippen LogP contribution in [-0.2, 0) is 17.8 Å². The van der Waals surface area contributed by atoms with Gasteiger partial charge in [-0.2, -0.15) is 0 Å². The van der Waals surface area contributed by atoms with Gasteiger partial charge in [0.2, 0.25) is 5.91 Å². The molecule has 0 saturated heterocycles. The van der Waals surface area contributed by atoms with Gasteiger partial charge in [-0.05, 0) is 43.8 Å². The van der Waals surface area contributed by atoms with Crippen LogP contribution >= 0.6 is 0 Å². The van der Waals surface area contributed by atoms with Crippen LogP contribution in [0.25, 0.3) is 0 Å². The number of carbonyl (C=O) groups excluding carboxylic acids is 2. The number of benzene rings is 2. The van der Waals surface area contributed by atoms with Crippen LogP contribution in [0, 0.1) is 0 Å². The van der Waals surface area contributed by atoms with Crippen molar-refractivity contribution in [2.45, 2.75) is 19.4 Å². The third kappa shape index (κ3) is 7.07. The Bertz CT molecular complexity index is 697. The summed E-state index contributed by atoms with van der Waals surface area (Å²) in [4.78, 5) is 26.0. The normalized spacial score (nSPS) is 10.6. The molecule has 0 heterocycles. The summed E-state index contributed by atoms with van der Waals surface area (Å²) in [7, 11) is 3.93. The molecule has 2 aromatic rings. The Balaban J connectivity index is 1.72. The molecular weight excluding hydrogens is 326 g/mol. The van der Waals surface area contributed by atoms with Crippen molar-refractivity contribution in [3.05, 3.63) is 71.3 Å². The molecule has 2 aromatic carbocycles. The van der Waals surface area contributed by atoms with Crippen LogP contribution in [0.3, 0.4) is 0 Å². The first-order valence-electron chi connectivity index (χ1n) is 8.87. The lowest BCUT2D eigenvalue weighted by molar-refractivity contribution is -0.121. The quantitative estimate of drug-likeness (QED) is 0.727. The molecule has 138 valence electrons. The molecule has 0 saturated carbocycles. The van der Waals surface area contributed by atoms with Gasteiger partial charge in [-0.3, -0.25) is 9.59 Å². The summed E-state index contributed by atoms with van der Waals surface area (Å²) in [5.41, 5.74) is 2.76. The zero-order valence-electron chi connectivity index (χ0n) is 15.5. The number of carbonyl (C=O) groups is 2. The molecule has 2 N–H and O–H groups in total. The fourth-order valence-electron chi connectivity index (χ4n) is 2.46. The molecule has 5 nitrogen and oxygen atoms in total. The summed E-state index contributed by atoms with van der Waals surface area (Å²) in [6.07, 6.45) is 1.20. The maximum Gasteiger partial charge on any atom is 0.251 e. The van der Waals surface area contributed by atoms with Crippen molar-refractivity contribution in [2.24, 2.45) is 0 Å². The van der Waals surface area contributed by atoms with Gasteiger partial charge in [0.1, 0.15) is 0 Å². The second-order valence-corrected chi connectivity index (χ2v) is 6.52. The molecule has 5 heteroatoms. The van der Waals surface area contributed by atoms with Crippen molar-refractivity contribution < 1.29 is 9.59 Å². The van der Waals surface area contributed by atoms with E-state index in [0.29, 0.717) is 25.1 Å². The fraction of sp³-hybridized carbons (Fsp3) is 0.333. The lowest BCUT2D eigenvalue weighted by atomic mass is 10.1. The van der Waals surface area contributed by atoms with Gasteiger partial charge in [0.15, 0.2) is 0 Å². The van der Waals surface area contributed by atoms with Gasteiger partial charge in [-0.15, -0.1) is 0 Å². The number of nitrogens with one attached hydrogen (secondary N) is 2. The first kappa shape index (κ1) is 19.7. The average Bonchev–Trinajstić information content (AvgIpc) is 2.65. The Morgan fingerprint density at radius 2 is 1.58 bits per heavy atom. The smallest absolute Gasteiger partial charge is 0.251 e. The number of rotatable bonds is 9. The summed E-state index contributed by atoms with van der Waals surface area (Å²) in [6, 6.07) is 17.3. The maximum atomic E-state index is 12.0. The second-order valence-electron chi connectivity index (χ2n) is 6.52. The van der Waals surface area contributed by atoms with E-state index in [0.717, 1.165) is 24.1 Å². The van der Waals surface area contributed by atoms with E-state index in [1.165, 1.54) is 0 Å². The Hall–Kier alpha value is -2.66. The van der Waals surface area contributed by atoms with Crippen molar-refractivity contribution in [1.82, 2.24) is 15.5 Å². The molecule has 0 fully saturated rings. The number of hydrogen-bond acceptors (Lipinski definition) is 3. The molecule has 0 aromatic heterocycles. The van der Waals surface area contributed by atoms with E-state index in [2.05, 4.69) is 10.6 Å². The van der Waals surface area contributed by atoms with Crippen molar-refractivity contribution in [3.63, 3.8) is 0 Å². The summed E-state index contributed by atoms with van der Waals surface area (Å²) < 4.78 is 0. The predicted molar refractivity (Wildman–Crippen MR) is 104 cm³/mol. The number of nitrogens with zero attached hydrogens (tertiary/aromatic N) is 1. The highest BCUT2D eigenvalue weighted by molar-refractivity contribution is 5.94. The van der Waals surface area contributed by atoms with Crippen LogP contribution in [0.5, 0.6) is 0 Å². The van der Waals surface area contributed by atoms with E-state index in [-0.39, 0.29) is 11.8 Å². The van der Waals surface area contributed by atoms with Crippen molar-refractivity contribution in [2.75, 3.05) is 27.2 Å². The summed E-state index contributed by atoms with van der Waals surface area (Å²) in [5, 5.41) is 5.80. The highest BCUT2D eigenvalue weighted by Crippen LogP contribution is 2.06. The summed E-state index contributed by atoms with van der Waals surface area (Å²) in [5.74, 6) is -0.0512. The van der Waals surface area contributed by atoms with Gasteiger partial charge >= 0.3 is 0 Å². The van der Waals surface area contributed by atoms with Crippen LogP contribution < -0.4 is 10.6 Å². The molecule has 0 spiro atoms. The molecule has 0 aliphatic rings. The molecule has 0 aliphatic heterocycles. The van der Waals surface area contributed by atoms with Crippen molar-refractivity contribution in [3.8, 4) is 0 Å². The Labute approximate surface area is 155 Å². The van der Waals surface area contributed by atoms with E-state index in [1.807, 2.05) is 61.5 Å². The maximum absolute atomic E-state index is 12.0. The number of hydrogen-bond donors (Lipinski definition) is 2. The third-order valence-electron chi connectivity index (χ3n) is 4.03. The van der Waals surface area contributed by atoms with Crippen LogP contribution in [-0.4, -0.2) is 43.9 Å². The summed E-state index contributed by atoms with van der Waals surface area (Å²) in [6.45, 7) is 1.89. The van der Waals surface area contributed by atoms with Crippen LogP contribution in [0.4, 0.5) is 0 Å². The molecule has 2 rings (SSSR count). The average molecular weight is 353 g/mol. The number of aryl methyl sites for hydroxylation is 1. The zero-order valence-corrected chi connectivity index (χ0v) is 15.5. The van der Waals surface area contributed by atoms with E-state index in [9.17, 15) is 9.59 Å². The van der Waals surface area contributed by atoms with Gasteiger partial charge in [0, 0.05) is 31.6 Å². The van der Waals surface area contributed by atoms with Gasteiger partial charge in [0.25, 0.3) is 5.91 Å². The van der Waals surface area contributed by atoms with E-state index < -0.39 is 0 Å². The first-order chi connectivity index (χ1) is 12.5. The Morgan fingerprint density at radius 1 is 0.885 bits per heavy atom. The molecule has 0 aliphatic carbocycles. The lowest BCUT2D eigenvalue weighted by Crippen LogP contribution is -2.31. The molecule has 0 radical (unpaired) electrons. The monoisotopic (exact) mass is 353 g/mol. The SMILES string of the molecule is CN(C)CCNC(=O)c1ccc(CNC(=O)CCc2ccccc2)cc1. The standard InChI is InChI=1S/C21H27N3O2/c1-24(2)15-14-22-21(26)19-11-8-18(9-12-19)16-23-20(25)13-10-17-6-4-3-5-7-17/h3-9,11-12H,10,13-16H2,1-2H3,(H,22,26)(H,23,25). The van der Waals surface area contributed by atoms with Gasteiger partial charge in [-0.1, -0.05) is 42.5 Å². The third-order valence-corrected chi connectivity index (χ3v) is 4.03. The van der Waals surface area contributed by atoms with Gasteiger partial charge < -0.3 is 15.5 Å². The van der Waals surface area contributed by atoms with E-state index in [1.54, 1.807) is 12.1 Å². The van der Waals surface area contributed by atoms with E-state index >= 15 is 0 Å². The topological polar surface area (TPSA) is 61.4 Å². The molecule has 0 atom stereocenters. The molecular formula is C21H27N3O2.